The van der Waals surface area contributed by atoms with Crippen molar-refractivity contribution in [1.29, 1.82) is 0 Å². The lowest BCUT2D eigenvalue weighted by Gasteiger charge is -2.36. The second-order valence-corrected chi connectivity index (χ2v) is 18.2. The lowest BCUT2D eigenvalue weighted by atomic mass is 10.1. The topological polar surface area (TPSA) is 118 Å². The van der Waals surface area contributed by atoms with E-state index >= 15 is 0 Å². The van der Waals surface area contributed by atoms with Crippen LogP contribution in [0.3, 0.4) is 0 Å². The molecule has 1 amide bonds. The molecule has 12 heteroatoms. The fraction of sp³-hybridized carbons (Fsp3) is 0.545. The summed E-state index contributed by atoms with van der Waals surface area (Å²) < 4.78 is 25.5. The van der Waals surface area contributed by atoms with Crippen molar-refractivity contribution >= 4 is 48.7 Å². The molecule has 3 aromatic rings. The van der Waals surface area contributed by atoms with Crippen molar-refractivity contribution in [2.24, 2.45) is 0 Å². The van der Waals surface area contributed by atoms with Gasteiger partial charge in [0.1, 0.15) is 23.6 Å². The van der Waals surface area contributed by atoms with E-state index in [1.807, 2.05) is 45.0 Å². The lowest BCUT2D eigenvalue weighted by molar-refractivity contribution is 0.0131. The average Bonchev–Trinajstić information content (AvgIpc) is 3.28. The molecule has 0 bridgehead atoms. The van der Waals surface area contributed by atoms with Crippen LogP contribution in [0.1, 0.15) is 74.0 Å². The predicted octanol–water partition coefficient (Wildman–Crippen LogP) is 8.43. The number of hydrogen-bond donors (Lipinski definition) is 1. The Bertz CT molecular complexity index is 1450. The maximum Gasteiger partial charge on any atom is 0.435 e. The van der Waals surface area contributed by atoms with Gasteiger partial charge in [-0.15, -0.1) is 5.10 Å². The summed E-state index contributed by atoms with van der Waals surface area (Å²) in [6.07, 6.45) is -1.51. The van der Waals surface area contributed by atoms with Crippen molar-refractivity contribution in [1.82, 2.24) is 14.7 Å². The Balaban J connectivity index is 1.88. The summed E-state index contributed by atoms with van der Waals surface area (Å²) in [6, 6.07) is 15.7. The van der Waals surface area contributed by atoms with Gasteiger partial charge in [-0.2, -0.15) is 4.68 Å². The van der Waals surface area contributed by atoms with E-state index in [1.165, 1.54) is 0 Å². The Hall–Kier alpha value is -3.28. The number of ether oxygens (including phenoxy) is 3. The third-order valence-electron chi connectivity index (χ3n) is 7.45. The first-order chi connectivity index (χ1) is 21.0. The van der Waals surface area contributed by atoms with E-state index in [2.05, 4.69) is 25.9 Å². The number of rotatable bonds is 12. The van der Waals surface area contributed by atoms with Gasteiger partial charge in [0.2, 0.25) is 0 Å². The van der Waals surface area contributed by atoms with Gasteiger partial charge < -0.3 is 29.3 Å². The van der Waals surface area contributed by atoms with Crippen LogP contribution in [0, 0.1) is 0 Å². The molecule has 0 radical (unpaired) electrons. The Morgan fingerprint density at radius 3 is 2.20 bits per heavy atom. The molecule has 0 fully saturated rings. The molecule has 2 N–H and O–H groups in total. The first-order valence-electron chi connectivity index (χ1n) is 15.6. The first-order valence-corrected chi connectivity index (χ1v) is 18.5. The number of nitrogens with two attached hydrogens (primary N) is 1. The van der Waals surface area contributed by atoms with E-state index in [-0.39, 0.29) is 24.8 Å². The Morgan fingerprint density at radius 1 is 0.978 bits per heavy atom. The number of halogens is 1. The van der Waals surface area contributed by atoms with Crippen LogP contribution in [-0.4, -0.2) is 66.1 Å². The van der Waals surface area contributed by atoms with Crippen LogP contribution in [-0.2, 0) is 13.9 Å². The molecular weight excluding hydrogens is 612 g/mol. The van der Waals surface area contributed by atoms with Crippen LogP contribution in [0.4, 0.5) is 15.3 Å². The van der Waals surface area contributed by atoms with Crippen molar-refractivity contribution < 1.29 is 28.2 Å². The number of nitrogen functional groups attached to an aromatic ring is 1. The fourth-order valence-electron chi connectivity index (χ4n) is 4.92. The number of hydrogen-bond acceptors (Lipinski definition) is 8. The molecule has 0 saturated heterocycles. The molecule has 1 unspecified atom stereocenters. The van der Waals surface area contributed by atoms with Gasteiger partial charge in [-0.05, 0) is 89.5 Å². The normalized spacial score (nSPS) is 13.0. The van der Waals surface area contributed by atoms with Gasteiger partial charge in [-0.25, -0.2) is 9.59 Å². The number of amides is 1. The van der Waals surface area contributed by atoms with Crippen molar-refractivity contribution in [2.45, 2.75) is 97.8 Å². The zero-order chi connectivity index (χ0) is 33.6. The number of fused-ring (bicyclic) bond motifs is 1. The number of carbonyl (C=O) groups is 2. The molecule has 1 aromatic heterocycles. The second kappa shape index (κ2) is 14.9. The largest absolute Gasteiger partial charge is 0.492 e. The van der Waals surface area contributed by atoms with E-state index in [0.717, 1.165) is 28.4 Å². The number of carbonyl (C=O) groups excluding carboxylic acids is 2. The number of aromatic nitrogens is 2. The molecule has 0 aliphatic rings. The van der Waals surface area contributed by atoms with Gasteiger partial charge in [0.25, 0.3) is 0 Å². The summed E-state index contributed by atoms with van der Waals surface area (Å²) >= 11 is 6.31. The van der Waals surface area contributed by atoms with Crippen molar-refractivity contribution in [3.8, 4) is 5.75 Å². The molecular formula is C33H49ClN4O6Si. The van der Waals surface area contributed by atoms with Gasteiger partial charge in [-0.3, -0.25) is 0 Å². The summed E-state index contributed by atoms with van der Waals surface area (Å²) in [5.74, 6) is 0.478. The monoisotopic (exact) mass is 660 g/mol. The van der Waals surface area contributed by atoms with Gasteiger partial charge in [-0.1, -0.05) is 44.5 Å². The molecule has 1 atom stereocenters. The highest BCUT2D eigenvalue weighted by atomic mass is 35.5. The minimum absolute atomic E-state index is 0.153. The van der Waals surface area contributed by atoms with E-state index in [4.69, 9.17) is 36.0 Å². The first kappa shape index (κ1) is 36.2. The van der Waals surface area contributed by atoms with Crippen molar-refractivity contribution in [3.63, 3.8) is 0 Å². The molecule has 3 rings (SSSR count). The molecule has 0 saturated carbocycles. The summed E-state index contributed by atoms with van der Waals surface area (Å²) in [4.78, 5) is 27.9. The highest BCUT2D eigenvalue weighted by Gasteiger charge is 2.35. The van der Waals surface area contributed by atoms with Crippen LogP contribution in [0.2, 0.25) is 23.3 Å². The Morgan fingerprint density at radius 2 is 1.62 bits per heavy atom. The SMILES string of the molecule is CC[Si](CC)(CC)OC(CN(CCOc1ccc2c(Cl)nn(C(=O)OC(C)(C)C)c2c1)C(=O)OC(C)(C)C)c1cccc(N)c1. The van der Waals surface area contributed by atoms with E-state index < -0.39 is 37.8 Å². The highest BCUT2D eigenvalue weighted by Crippen LogP contribution is 2.32. The van der Waals surface area contributed by atoms with Crippen LogP contribution in [0.5, 0.6) is 5.75 Å². The van der Waals surface area contributed by atoms with Crippen LogP contribution < -0.4 is 10.5 Å². The minimum atomic E-state index is -2.07. The molecule has 0 aliphatic carbocycles. The van der Waals surface area contributed by atoms with E-state index in [9.17, 15) is 9.59 Å². The standard InChI is InChI=1S/C33H49ClN4O6Si/c1-10-45(11-2,12-3)44-28(23-14-13-15-24(35)20-23)22-37(30(39)42-32(4,5)6)18-19-41-25-16-17-26-27(21-25)38(36-29(26)34)31(40)43-33(7,8)9/h13-17,20-21,28H,10-12,18-19,22,35H2,1-9H3. The number of nitrogens with zero attached hydrogens (tertiary/aromatic N) is 3. The average molecular weight is 661 g/mol. The zero-order valence-corrected chi connectivity index (χ0v) is 29.9. The summed E-state index contributed by atoms with van der Waals surface area (Å²) in [7, 11) is -2.07. The summed E-state index contributed by atoms with van der Waals surface area (Å²) in [6.45, 7) is 18.0. The molecule has 248 valence electrons. The van der Waals surface area contributed by atoms with Crippen LogP contribution in [0.25, 0.3) is 10.9 Å². The highest BCUT2D eigenvalue weighted by molar-refractivity contribution is 6.73. The molecule has 10 nitrogen and oxygen atoms in total. The maximum atomic E-state index is 13.5. The summed E-state index contributed by atoms with van der Waals surface area (Å²) in [5, 5.41) is 4.93. The van der Waals surface area contributed by atoms with Crippen LogP contribution in [0.15, 0.2) is 42.5 Å². The molecule has 1 heterocycles. The van der Waals surface area contributed by atoms with Gasteiger partial charge in [0.05, 0.1) is 24.7 Å². The Kier molecular flexibility index (Phi) is 12.0. The molecule has 0 aliphatic heterocycles. The quantitative estimate of drug-likeness (QED) is 0.152. The zero-order valence-electron chi connectivity index (χ0n) is 28.1. The van der Waals surface area contributed by atoms with Gasteiger partial charge >= 0.3 is 12.2 Å². The molecule has 45 heavy (non-hydrogen) atoms. The molecule has 2 aromatic carbocycles. The van der Waals surface area contributed by atoms with Crippen molar-refractivity contribution in [3.05, 3.63) is 53.2 Å². The van der Waals surface area contributed by atoms with E-state index in [0.29, 0.717) is 22.3 Å². The number of anilines is 1. The predicted molar refractivity (Wildman–Crippen MR) is 182 cm³/mol. The van der Waals surface area contributed by atoms with Crippen molar-refractivity contribution in [2.75, 3.05) is 25.4 Å². The summed E-state index contributed by atoms with van der Waals surface area (Å²) in [5.41, 5.74) is 6.76. The minimum Gasteiger partial charge on any atom is -0.492 e. The smallest absolute Gasteiger partial charge is 0.435 e. The maximum absolute atomic E-state index is 13.5. The lowest BCUT2D eigenvalue weighted by Crippen LogP contribution is -2.45. The second-order valence-electron chi connectivity index (χ2n) is 13.2. The van der Waals surface area contributed by atoms with Crippen LogP contribution >= 0.6 is 11.6 Å². The van der Waals surface area contributed by atoms with E-state index in [1.54, 1.807) is 43.9 Å². The molecule has 0 spiro atoms. The number of benzene rings is 2. The Labute approximate surface area is 273 Å². The third-order valence-corrected chi connectivity index (χ3v) is 12.4. The third kappa shape index (κ3) is 10.1. The van der Waals surface area contributed by atoms with Gasteiger partial charge in [0, 0.05) is 17.1 Å². The fourth-order valence-corrected chi connectivity index (χ4v) is 7.97. The van der Waals surface area contributed by atoms with Gasteiger partial charge in [0.15, 0.2) is 13.5 Å².